The maximum atomic E-state index is 13.5. The lowest BCUT2D eigenvalue weighted by molar-refractivity contribution is -0.384. The van der Waals surface area contributed by atoms with Gasteiger partial charge in [0.25, 0.3) is 17.5 Å². The van der Waals surface area contributed by atoms with Crippen molar-refractivity contribution >= 4 is 50.7 Å². The van der Waals surface area contributed by atoms with Crippen LogP contribution in [0.15, 0.2) is 70.2 Å². The number of nitrogens with two attached hydrogens (primary N) is 1. The van der Waals surface area contributed by atoms with Crippen LogP contribution in [-0.2, 0) is 26.2 Å². The Morgan fingerprint density at radius 1 is 1.19 bits per heavy atom. The average Bonchev–Trinajstić information content (AvgIpc) is 3.44. The van der Waals surface area contributed by atoms with Crippen LogP contribution in [0.5, 0.6) is 0 Å². The fourth-order valence-corrected chi connectivity index (χ4v) is 4.46. The number of amides is 3. The van der Waals surface area contributed by atoms with Crippen molar-refractivity contribution < 1.29 is 32.1 Å². The molecular weight excluding hydrogens is 516 g/mol. The van der Waals surface area contributed by atoms with E-state index in [9.17, 15) is 32.9 Å². The summed E-state index contributed by atoms with van der Waals surface area (Å²) in [5, 5.41) is 16.2. The predicted molar refractivity (Wildman–Crippen MR) is 125 cm³/mol. The number of nitro groups is 1. The third-order valence-corrected chi connectivity index (χ3v) is 6.73. The Balaban J connectivity index is 1.69. The van der Waals surface area contributed by atoms with Crippen LogP contribution >= 0.6 is 11.6 Å². The van der Waals surface area contributed by atoms with E-state index in [1.165, 1.54) is 30.5 Å². The summed E-state index contributed by atoms with van der Waals surface area (Å²) in [6.45, 7) is -0.204. The van der Waals surface area contributed by atoms with E-state index in [1.54, 1.807) is 12.1 Å². The SMILES string of the molecule is NS(=O)(=O)c1ccc(N2C(=O)CC(N(Cc3ccco3)C(=O)c3ccc(Cl)c([N+](=O)[O-])c3)C2=O)cc1. The summed E-state index contributed by atoms with van der Waals surface area (Å²) in [5.41, 5.74) is -0.521. The molecule has 2 aromatic carbocycles. The summed E-state index contributed by atoms with van der Waals surface area (Å²) in [4.78, 5) is 51.9. The number of hydrogen-bond acceptors (Lipinski definition) is 8. The molecule has 1 aliphatic rings. The molecule has 1 aliphatic heterocycles. The summed E-state index contributed by atoms with van der Waals surface area (Å²) in [7, 11) is -3.99. The number of carbonyl (C=O) groups is 3. The standard InChI is InChI=1S/C22H17ClN4O8S/c23-17-8-3-13(10-18(17)27(31)32)21(29)25(12-15-2-1-9-35-15)19-11-20(28)26(22(19)30)14-4-6-16(7-5-14)36(24,33)34/h1-10,19H,11-12H2,(H2,24,33,34). The minimum atomic E-state index is -3.99. The number of hydrogen-bond donors (Lipinski definition) is 1. The number of primary sulfonamides is 1. The van der Waals surface area contributed by atoms with Crippen LogP contribution in [0.3, 0.4) is 0 Å². The number of imide groups is 1. The van der Waals surface area contributed by atoms with Crippen molar-refractivity contribution in [3.05, 3.63) is 87.3 Å². The second-order valence-electron chi connectivity index (χ2n) is 7.76. The van der Waals surface area contributed by atoms with E-state index in [2.05, 4.69) is 0 Å². The van der Waals surface area contributed by atoms with E-state index in [0.29, 0.717) is 5.76 Å². The van der Waals surface area contributed by atoms with E-state index >= 15 is 0 Å². The van der Waals surface area contributed by atoms with Gasteiger partial charge in [-0.2, -0.15) is 0 Å². The number of rotatable bonds is 7. The van der Waals surface area contributed by atoms with Crippen molar-refractivity contribution in [2.24, 2.45) is 5.14 Å². The lowest BCUT2D eigenvalue weighted by atomic mass is 10.1. The lowest BCUT2D eigenvalue weighted by Crippen LogP contribution is -2.45. The molecule has 2 N–H and O–H groups in total. The number of carbonyl (C=O) groups excluding carboxylic acids is 3. The third kappa shape index (κ3) is 4.84. The number of anilines is 1. The predicted octanol–water partition coefficient (Wildman–Crippen LogP) is 2.46. The first-order valence-electron chi connectivity index (χ1n) is 10.2. The molecule has 0 aliphatic carbocycles. The normalized spacial score (nSPS) is 15.8. The summed E-state index contributed by atoms with van der Waals surface area (Å²) in [6.07, 6.45) is 0.990. The molecule has 1 saturated heterocycles. The van der Waals surface area contributed by atoms with Crippen LogP contribution in [0, 0.1) is 10.1 Å². The molecule has 1 aromatic heterocycles. The van der Waals surface area contributed by atoms with Crippen LogP contribution in [-0.4, -0.2) is 42.0 Å². The van der Waals surface area contributed by atoms with E-state index in [4.69, 9.17) is 21.2 Å². The molecule has 0 radical (unpaired) electrons. The van der Waals surface area contributed by atoms with E-state index in [1.807, 2.05) is 0 Å². The van der Waals surface area contributed by atoms with Crippen LogP contribution < -0.4 is 10.0 Å². The molecule has 36 heavy (non-hydrogen) atoms. The van der Waals surface area contributed by atoms with E-state index in [0.717, 1.165) is 28.0 Å². The fraction of sp³-hybridized carbons (Fsp3) is 0.136. The van der Waals surface area contributed by atoms with Gasteiger partial charge in [0, 0.05) is 11.6 Å². The Kier molecular flexibility index (Phi) is 6.63. The number of sulfonamides is 1. The van der Waals surface area contributed by atoms with Gasteiger partial charge in [-0.05, 0) is 48.5 Å². The molecule has 1 atom stereocenters. The average molecular weight is 533 g/mol. The Morgan fingerprint density at radius 2 is 1.89 bits per heavy atom. The molecular formula is C22H17ClN4O8S. The van der Waals surface area contributed by atoms with Crippen molar-refractivity contribution in [2.45, 2.75) is 23.9 Å². The van der Waals surface area contributed by atoms with Crippen molar-refractivity contribution in [3.63, 3.8) is 0 Å². The molecule has 4 rings (SSSR count). The zero-order valence-corrected chi connectivity index (χ0v) is 19.8. The maximum absolute atomic E-state index is 13.5. The number of benzene rings is 2. The van der Waals surface area contributed by atoms with Crippen molar-refractivity contribution in [1.82, 2.24) is 4.90 Å². The number of furan rings is 1. The summed E-state index contributed by atoms with van der Waals surface area (Å²) >= 11 is 5.85. The Labute approximate surface area is 209 Å². The minimum Gasteiger partial charge on any atom is -0.467 e. The topological polar surface area (TPSA) is 174 Å². The van der Waals surface area contributed by atoms with Gasteiger partial charge in [-0.1, -0.05) is 11.6 Å². The molecule has 2 heterocycles. The van der Waals surface area contributed by atoms with E-state index < -0.39 is 44.4 Å². The van der Waals surface area contributed by atoms with Gasteiger partial charge in [-0.25, -0.2) is 18.5 Å². The smallest absolute Gasteiger partial charge is 0.288 e. The molecule has 186 valence electrons. The highest BCUT2D eigenvalue weighted by molar-refractivity contribution is 7.89. The molecule has 12 nitrogen and oxygen atoms in total. The zero-order chi connectivity index (χ0) is 26.2. The van der Waals surface area contributed by atoms with Crippen LogP contribution in [0.25, 0.3) is 0 Å². The Bertz CT molecular complexity index is 1470. The first-order valence-corrected chi connectivity index (χ1v) is 12.2. The van der Waals surface area contributed by atoms with Crippen molar-refractivity contribution in [2.75, 3.05) is 4.90 Å². The van der Waals surface area contributed by atoms with Crippen LogP contribution in [0.1, 0.15) is 22.5 Å². The third-order valence-electron chi connectivity index (χ3n) is 5.48. The van der Waals surface area contributed by atoms with Crippen LogP contribution in [0.4, 0.5) is 11.4 Å². The molecule has 1 fully saturated rings. The zero-order valence-electron chi connectivity index (χ0n) is 18.2. The van der Waals surface area contributed by atoms with Gasteiger partial charge in [-0.3, -0.25) is 24.5 Å². The highest BCUT2D eigenvalue weighted by atomic mass is 35.5. The first-order chi connectivity index (χ1) is 17.0. The summed E-state index contributed by atoms with van der Waals surface area (Å²) in [5.74, 6) is -1.83. The molecule has 1 unspecified atom stereocenters. The van der Waals surface area contributed by atoms with Gasteiger partial charge >= 0.3 is 0 Å². The molecule has 3 amide bonds. The molecule has 3 aromatic rings. The van der Waals surface area contributed by atoms with Gasteiger partial charge in [0.05, 0.1) is 34.7 Å². The molecule has 0 saturated carbocycles. The maximum Gasteiger partial charge on any atom is 0.288 e. The number of nitrogens with zero attached hydrogens (tertiary/aromatic N) is 3. The highest BCUT2D eigenvalue weighted by Crippen LogP contribution is 2.30. The van der Waals surface area contributed by atoms with Crippen LogP contribution in [0.2, 0.25) is 5.02 Å². The van der Waals surface area contributed by atoms with Gasteiger partial charge in [-0.15, -0.1) is 0 Å². The summed E-state index contributed by atoms with van der Waals surface area (Å²) in [6, 6.07) is 10.1. The fourth-order valence-electron chi connectivity index (χ4n) is 3.76. The Morgan fingerprint density at radius 3 is 2.47 bits per heavy atom. The second kappa shape index (κ2) is 9.53. The Hall–Kier alpha value is -4.07. The quantitative estimate of drug-likeness (QED) is 0.274. The molecule has 0 bridgehead atoms. The molecule has 0 spiro atoms. The van der Waals surface area contributed by atoms with Crippen molar-refractivity contribution in [1.29, 1.82) is 0 Å². The highest BCUT2D eigenvalue weighted by Gasteiger charge is 2.45. The number of halogens is 1. The van der Waals surface area contributed by atoms with Gasteiger partial charge < -0.3 is 9.32 Å². The largest absolute Gasteiger partial charge is 0.467 e. The van der Waals surface area contributed by atoms with Gasteiger partial charge in [0.15, 0.2) is 0 Å². The second-order valence-corrected chi connectivity index (χ2v) is 9.73. The van der Waals surface area contributed by atoms with Gasteiger partial charge in [0.2, 0.25) is 15.9 Å². The monoisotopic (exact) mass is 532 g/mol. The summed E-state index contributed by atoms with van der Waals surface area (Å²) < 4.78 is 28.3. The molecule has 14 heteroatoms. The lowest BCUT2D eigenvalue weighted by Gasteiger charge is -2.27. The minimum absolute atomic E-state index is 0.0902. The van der Waals surface area contributed by atoms with Crippen molar-refractivity contribution in [3.8, 4) is 0 Å². The first kappa shape index (κ1) is 25.0. The number of nitro benzene ring substituents is 1. The van der Waals surface area contributed by atoms with E-state index in [-0.39, 0.29) is 34.1 Å². The van der Waals surface area contributed by atoms with Gasteiger partial charge in [0.1, 0.15) is 16.8 Å².